The van der Waals surface area contributed by atoms with Gasteiger partial charge in [-0.3, -0.25) is 4.79 Å². The molecular formula is C13H13ClN4O3. The minimum absolute atomic E-state index is 0.110. The number of esters is 1. The third-order valence-corrected chi connectivity index (χ3v) is 2.96. The second-order valence-electron chi connectivity index (χ2n) is 4.16. The Balaban J connectivity index is 2.52. The molecule has 21 heavy (non-hydrogen) atoms. The highest BCUT2D eigenvalue weighted by atomic mass is 35.5. The van der Waals surface area contributed by atoms with Crippen LogP contribution in [0.5, 0.6) is 0 Å². The average molecular weight is 309 g/mol. The van der Waals surface area contributed by atoms with Crippen LogP contribution in [0.2, 0.25) is 5.02 Å². The smallest absolute Gasteiger partial charge is 0.341 e. The SMILES string of the molecule is CCOC(=O)c1cnn(-c2c(Cl)cc(N)cc2C(N)=O)c1. The fraction of sp³-hybridized carbons (Fsp3) is 0.154. The summed E-state index contributed by atoms with van der Waals surface area (Å²) in [4.78, 5) is 23.1. The third-order valence-electron chi connectivity index (χ3n) is 2.67. The zero-order valence-corrected chi connectivity index (χ0v) is 11.9. The standard InChI is InChI=1S/C13H13ClN4O3/c1-2-21-13(20)7-5-17-18(6-7)11-9(12(16)19)3-8(15)4-10(11)14/h3-6H,2,15H2,1H3,(H2,16,19). The molecule has 0 aliphatic carbocycles. The molecule has 0 spiro atoms. The van der Waals surface area contributed by atoms with Gasteiger partial charge in [0.15, 0.2) is 0 Å². The number of hydrogen-bond donors (Lipinski definition) is 2. The number of aromatic nitrogens is 2. The van der Waals surface area contributed by atoms with Crippen molar-refractivity contribution in [3.05, 3.63) is 40.7 Å². The molecule has 0 saturated heterocycles. The van der Waals surface area contributed by atoms with E-state index in [1.54, 1.807) is 6.92 Å². The lowest BCUT2D eigenvalue weighted by Gasteiger charge is -2.10. The molecule has 8 heteroatoms. The summed E-state index contributed by atoms with van der Waals surface area (Å²) in [5, 5.41) is 4.20. The highest BCUT2D eigenvalue weighted by molar-refractivity contribution is 6.33. The van der Waals surface area contributed by atoms with Crippen molar-refractivity contribution in [2.75, 3.05) is 12.3 Å². The Morgan fingerprint density at radius 2 is 2.14 bits per heavy atom. The molecule has 0 saturated carbocycles. The van der Waals surface area contributed by atoms with E-state index in [4.69, 9.17) is 27.8 Å². The second kappa shape index (κ2) is 5.84. The molecule has 1 aromatic carbocycles. The van der Waals surface area contributed by atoms with Crippen molar-refractivity contribution in [2.45, 2.75) is 6.92 Å². The van der Waals surface area contributed by atoms with Crippen LogP contribution in [0.1, 0.15) is 27.6 Å². The quantitative estimate of drug-likeness (QED) is 0.654. The minimum atomic E-state index is -0.701. The number of amides is 1. The van der Waals surface area contributed by atoms with Gasteiger partial charge in [-0.25, -0.2) is 9.48 Å². The summed E-state index contributed by atoms with van der Waals surface area (Å²) < 4.78 is 6.15. The van der Waals surface area contributed by atoms with Crippen molar-refractivity contribution < 1.29 is 14.3 Å². The minimum Gasteiger partial charge on any atom is -0.462 e. The zero-order valence-electron chi connectivity index (χ0n) is 11.2. The van der Waals surface area contributed by atoms with E-state index in [2.05, 4.69) is 5.10 Å². The Labute approximate surface area is 125 Å². The monoisotopic (exact) mass is 308 g/mol. The van der Waals surface area contributed by atoms with Crippen molar-refractivity contribution >= 4 is 29.2 Å². The number of rotatable bonds is 4. The van der Waals surface area contributed by atoms with Crippen molar-refractivity contribution in [1.29, 1.82) is 0 Å². The maximum Gasteiger partial charge on any atom is 0.341 e. The topological polar surface area (TPSA) is 113 Å². The molecule has 0 fully saturated rings. The second-order valence-corrected chi connectivity index (χ2v) is 4.56. The van der Waals surface area contributed by atoms with Gasteiger partial charge in [0.25, 0.3) is 5.91 Å². The van der Waals surface area contributed by atoms with Gasteiger partial charge in [0.05, 0.1) is 34.6 Å². The summed E-state index contributed by atoms with van der Waals surface area (Å²) in [7, 11) is 0. The molecule has 110 valence electrons. The van der Waals surface area contributed by atoms with E-state index < -0.39 is 11.9 Å². The molecule has 0 aliphatic heterocycles. The van der Waals surface area contributed by atoms with Crippen molar-refractivity contribution in [3.8, 4) is 5.69 Å². The Kier molecular flexibility index (Phi) is 4.13. The number of anilines is 1. The maximum absolute atomic E-state index is 11.6. The molecular weight excluding hydrogens is 296 g/mol. The van der Waals surface area contributed by atoms with Crippen LogP contribution >= 0.6 is 11.6 Å². The summed E-state index contributed by atoms with van der Waals surface area (Å²) in [6, 6.07) is 2.87. The van der Waals surface area contributed by atoms with Gasteiger partial charge in [-0.2, -0.15) is 5.10 Å². The third kappa shape index (κ3) is 2.97. The highest BCUT2D eigenvalue weighted by Crippen LogP contribution is 2.27. The van der Waals surface area contributed by atoms with Crippen molar-refractivity contribution in [1.82, 2.24) is 9.78 Å². The first kappa shape index (κ1) is 14.9. The Hall–Kier alpha value is -2.54. The molecule has 2 rings (SSSR count). The number of hydrogen-bond acceptors (Lipinski definition) is 5. The predicted octanol–water partition coefficient (Wildman–Crippen LogP) is 1.38. The van der Waals surface area contributed by atoms with Gasteiger partial charge < -0.3 is 16.2 Å². The number of primary amides is 1. The van der Waals surface area contributed by atoms with E-state index in [-0.39, 0.29) is 28.4 Å². The number of nitrogens with zero attached hydrogens (tertiary/aromatic N) is 2. The van der Waals surface area contributed by atoms with E-state index in [0.717, 1.165) is 0 Å². The molecule has 1 aromatic heterocycles. The van der Waals surface area contributed by atoms with Gasteiger partial charge >= 0.3 is 5.97 Å². The van der Waals surface area contributed by atoms with Crippen LogP contribution < -0.4 is 11.5 Å². The maximum atomic E-state index is 11.6. The first-order chi connectivity index (χ1) is 9.93. The molecule has 0 aliphatic rings. The number of nitrogens with two attached hydrogens (primary N) is 2. The van der Waals surface area contributed by atoms with E-state index in [0.29, 0.717) is 5.69 Å². The van der Waals surface area contributed by atoms with Gasteiger partial charge in [0.1, 0.15) is 0 Å². The molecule has 0 radical (unpaired) electrons. The Bertz CT molecular complexity index is 711. The lowest BCUT2D eigenvalue weighted by atomic mass is 10.1. The van der Waals surface area contributed by atoms with Crippen LogP contribution in [0.4, 0.5) is 5.69 Å². The fourth-order valence-electron chi connectivity index (χ4n) is 1.81. The highest BCUT2D eigenvalue weighted by Gasteiger charge is 2.18. The number of benzene rings is 1. The molecule has 4 N–H and O–H groups in total. The lowest BCUT2D eigenvalue weighted by Crippen LogP contribution is -2.16. The first-order valence-electron chi connectivity index (χ1n) is 6.05. The summed E-state index contributed by atoms with van der Waals surface area (Å²) in [6.45, 7) is 1.95. The summed E-state index contributed by atoms with van der Waals surface area (Å²) in [5.74, 6) is -1.22. The first-order valence-corrected chi connectivity index (χ1v) is 6.42. The van der Waals surface area contributed by atoms with Gasteiger partial charge in [0, 0.05) is 11.9 Å². The van der Waals surface area contributed by atoms with Crippen LogP contribution in [-0.2, 0) is 4.74 Å². The number of ether oxygens (including phenoxy) is 1. The van der Waals surface area contributed by atoms with Gasteiger partial charge in [-0.05, 0) is 19.1 Å². The van der Waals surface area contributed by atoms with Crippen LogP contribution in [0.15, 0.2) is 24.5 Å². The van der Waals surface area contributed by atoms with Crippen molar-refractivity contribution in [2.24, 2.45) is 5.73 Å². The molecule has 1 amide bonds. The molecule has 0 atom stereocenters. The summed E-state index contributed by atoms with van der Waals surface area (Å²) in [6.07, 6.45) is 2.72. The Morgan fingerprint density at radius 3 is 2.76 bits per heavy atom. The number of halogens is 1. The molecule has 1 heterocycles. The van der Waals surface area contributed by atoms with Gasteiger partial charge in [0.2, 0.25) is 0 Å². The van der Waals surface area contributed by atoms with Crippen LogP contribution in [0.25, 0.3) is 5.69 Å². The average Bonchev–Trinajstić information content (AvgIpc) is 2.87. The number of carbonyl (C=O) groups excluding carboxylic acids is 2. The van der Waals surface area contributed by atoms with E-state index in [1.165, 1.54) is 29.2 Å². The van der Waals surface area contributed by atoms with Gasteiger partial charge in [-0.15, -0.1) is 0 Å². The largest absolute Gasteiger partial charge is 0.462 e. The fourth-order valence-corrected chi connectivity index (χ4v) is 2.12. The molecule has 2 aromatic rings. The van der Waals surface area contributed by atoms with E-state index >= 15 is 0 Å². The number of nitrogen functional groups attached to an aromatic ring is 1. The van der Waals surface area contributed by atoms with Crippen molar-refractivity contribution in [3.63, 3.8) is 0 Å². The predicted molar refractivity (Wildman–Crippen MR) is 77.5 cm³/mol. The normalized spacial score (nSPS) is 10.4. The molecule has 0 bridgehead atoms. The molecule has 0 unspecified atom stereocenters. The van der Waals surface area contributed by atoms with E-state index in [9.17, 15) is 9.59 Å². The van der Waals surface area contributed by atoms with Crippen LogP contribution in [0, 0.1) is 0 Å². The van der Waals surface area contributed by atoms with Crippen LogP contribution in [0.3, 0.4) is 0 Å². The summed E-state index contributed by atoms with van der Waals surface area (Å²) >= 11 is 6.10. The lowest BCUT2D eigenvalue weighted by molar-refractivity contribution is 0.0526. The van der Waals surface area contributed by atoms with Gasteiger partial charge in [-0.1, -0.05) is 11.6 Å². The summed E-state index contributed by atoms with van der Waals surface area (Å²) in [5.41, 5.74) is 11.9. The zero-order chi connectivity index (χ0) is 15.6. The van der Waals surface area contributed by atoms with Crippen LogP contribution in [-0.4, -0.2) is 28.3 Å². The molecule has 7 nitrogen and oxygen atoms in total. The number of carbonyl (C=O) groups is 2. The Morgan fingerprint density at radius 1 is 1.43 bits per heavy atom. The van der Waals surface area contributed by atoms with E-state index in [1.807, 2.05) is 0 Å².